The smallest absolute Gasteiger partial charge is 0.230 e. The van der Waals surface area contributed by atoms with E-state index in [4.69, 9.17) is 9.15 Å². The van der Waals surface area contributed by atoms with Gasteiger partial charge in [-0.05, 0) is 44.0 Å². The summed E-state index contributed by atoms with van der Waals surface area (Å²) in [6.45, 7) is 3.37. The van der Waals surface area contributed by atoms with E-state index < -0.39 is 0 Å². The second-order valence-electron chi connectivity index (χ2n) is 7.85. The number of carbonyl (C=O) groups is 1. The van der Waals surface area contributed by atoms with Gasteiger partial charge in [-0.2, -0.15) is 0 Å². The monoisotopic (exact) mass is 448 g/mol. The lowest BCUT2D eigenvalue weighted by atomic mass is 10.2. The van der Waals surface area contributed by atoms with E-state index in [0.717, 1.165) is 41.7 Å². The summed E-state index contributed by atoms with van der Waals surface area (Å²) in [4.78, 5) is 12.4. The summed E-state index contributed by atoms with van der Waals surface area (Å²) in [5, 5.41) is 13.4. The molecule has 1 atom stereocenters. The van der Waals surface area contributed by atoms with E-state index in [1.54, 1.807) is 0 Å². The summed E-state index contributed by atoms with van der Waals surface area (Å²) in [7, 11) is 0. The molecule has 0 bridgehead atoms. The van der Waals surface area contributed by atoms with Crippen molar-refractivity contribution < 1.29 is 13.9 Å². The van der Waals surface area contributed by atoms with Crippen molar-refractivity contribution in [3.05, 3.63) is 60.2 Å². The van der Waals surface area contributed by atoms with Gasteiger partial charge < -0.3 is 14.5 Å². The van der Waals surface area contributed by atoms with Gasteiger partial charge in [-0.15, -0.1) is 10.2 Å². The second kappa shape index (κ2) is 9.18. The molecule has 0 radical (unpaired) electrons. The van der Waals surface area contributed by atoms with Crippen molar-refractivity contribution in [3.63, 3.8) is 0 Å². The van der Waals surface area contributed by atoms with Crippen LogP contribution in [0.1, 0.15) is 18.4 Å². The third-order valence-electron chi connectivity index (χ3n) is 5.45. The zero-order chi connectivity index (χ0) is 21.9. The first-order valence-electron chi connectivity index (χ1n) is 10.7. The molecule has 3 heterocycles. The molecule has 2 aromatic heterocycles. The molecule has 1 aliphatic heterocycles. The van der Waals surface area contributed by atoms with Gasteiger partial charge >= 0.3 is 0 Å². The number of carbonyl (C=O) groups excluding carboxylic acids is 1. The Hall–Kier alpha value is -3.10. The number of hydrogen-bond acceptors (Lipinski definition) is 6. The Labute approximate surface area is 190 Å². The minimum Gasteiger partial charge on any atom is -0.453 e. The maximum atomic E-state index is 12.4. The van der Waals surface area contributed by atoms with Gasteiger partial charge in [0.1, 0.15) is 5.58 Å². The first kappa shape index (κ1) is 20.8. The number of thioether (sulfide) groups is 1. The number of hydrogen-bond donors (Lipinski definition) is 1. The predicted molar refractivity (Wildman–Crippen MR) is 124 cm³/mol. The molecule has 8 heteroatoms. The van der Waals surface area contributed by atoms with Crippen molar-refractivity contribution >= 4 is 28.6 Å². The molecule has 1 amide bonds. The van der Waals surface area contributed by atoms with Gasteiger partial charge in [0.25, 0.3) is 0 Å². The van der Waals surface area contributed by atoms with Crippen LogP contribution in [0, 0.1) is 6.92 Å². The van der Waals surface area contributed by atoms with E-state index in [-0.39, 0.29) is 17.8 Å². The van der Waals surface area contributed by atoms with E-state index in [1.807, 2.05) is 66.1 Å². The molecule has 0 aliphatic carbocycles. The lowest BCUT2D eigenvalue weighted by Gasteiger charge is -2.11. The molecule has 164 valence electrons. The Morgan fingerprint density at radius 2 is 2.03 bits per heavy atom. The number of nitrogens with zero attached hydrogens (tertiary/aromatic N) is 3. The molecule has 5 rings (SSSR count). The first-order chi connectivity index (χ1) is 15.7. The summed E-state index contributed by atoms with van der Waals surface area (Å²) in [6.07, 6.45) is 2.18. The average molecular weight is 449 g/mol. The van der Waals surface area contributed by atoms with Crippen molar-refractivity contribution in [1.82, 2.24) is 20.1 Å². The van der Waals surface area contributed by atoms with Gasteiger partial charge in [0, 0.05) is 24.2 Å². The first-order valence-corrected chi connectivity index (χ1v) is 11.7. The van der Waals surface area contributed by atoms with Crippen LogP contribution in [-0.2, 0) is 9.53 Å². The van der Waals surface area contributed by atoms with Crippen molar-refractivity contribution in [2.75, 3.05) is 18.9 Å². The highest BCUT2D eigenvalue weighted by atomic mass is 32.2. The van der Waals surface area contributed by atoms with Crippen LogP contribution in [0.15, 0.2) is 64.2 Å². The van der Waals surface area contributed by atoms with Crippen LogP contribution >= 0.6 is 11.8 Å². The highest BCUT2D eigenvalue weighted by Crippen LogP contribution is 2.31. The number of ether oxygens (including phenoxy) is 1. The fourth-order valence-electron chi connectivity index (χ4n) is 3.76. The maximum Gasteiger partial charge on any atom is 0.230 e. The Bertz CT molecular complexity index is 1190. The van der Waals surface area contributed by atoms with E-state index in [9.17, 15) is 4.79 Å². The number of furan rings is 1. The minimum atomic E-state index is -0.0470. The lowest BCUT2D eigenvalue weighted by Crippen LogP contribution is -2.32. The Balaban J connectivity index is 1.40. The highest BCUT2D eigenvalue weighted by molar-refractivity contribution is 7.99. The third-order valence-corrected chi connectivity index (χ3v) is 6.38. The molecule has 1 N–H and O–H groups in total. The molecule has 2 aromatic carbocycles. The molecule has 0 unspecified atom stereocenters. The molecule has 1 fully saturated rings. The van der Waals surface area contributed by atoms with E-state index in [2.05, 4.69) is 15.5 Å². The number of aromatic nitrogens is 3. The third kappa shape index (κ3) is 4.42. The van der Waals surface area contributed by atoms with Crippen molar-refractivity contribution in [3.8, 4) is 17.3 Å². The molecular formula is C24H24N4O3S. The van der Waals surface area contributed by atoms with E-state index >= 15 is 0 Å². The number of fused-ring (bicyclic) bond motifs is 1. The number of para-hydroxylation sites is 1. The van der Waals surface area contributed by atoms with Gasteiger partial charge in [0.2, 0.25) is 11.7 Å². The number of benzene rings is 2. The van der Waals surface area contributed by atoms with Crippen LogP contribution in [0.4, 0.5) is 0 Å². The van der Waals surface area contributed by atoms with E-state index in [0.29, 0.717) is 23.3 Å². The van der Waals surface area contributed by atoms with Crippen molar-refractivity contribution in [1.29, 1.82) is 0 Å². The largest absolute Gasteiger partial charge is 0.453 e. The summed E-state index contributed by atoms with van der Waals surface area (Å²) < 4.78 is 13.6. The Morgan fingerprint density at radius 3 is 2.81 bits per heavy atom. The molecule has 0 spiro atoms. The van der Waals surface area contributed by atoms with Crippen LogP contribution < -0.4 is 5.32 Å². The van der Waals surface area contributed by atoms with Gasteiger partial charge in [-0.3, -0.25) is 9.36 Å². The van der Waals surface area contributed by atoms with Crippen molar-refractivity contribution in [2.45, 2.75) is 31.0 Å². The molecule has 4 aromatic rings. The van der Waals surface area contributed by atoms with Crippen LogP contribution in [0.2, 0.25) is 0 Å². The number of rotatable bonds is 7. The fraction of sp³-hybridized carbons (Fsp3) is 0.292. The fourth-order valence-corrected chi connectivity index (χ4v) is 4.54. The van der Waals surface area contributed by atoms with Crippen LogP contribution in [-0.4, -0.2) is 45.7 Å². The summed E-state index contributed by atoms with van der Waals surface area (Å²) >= 11 is 1.35. The molecule has 1 aliphatic rings. The summed E-state index contributed by atoms with van der Waals surface area (Å²) in [6, 6.07) is 17.9. The zero-order valence-corrected chi connectivity index (χ0v) is 18.6. The Kier molecular flexibility index (Phi) is 5.96. The molecular weight excluding hydrogens is 424 g/mol. The number of amides is 1. The average Bonchev–Trinajstić information content (AvgIpc) is 3.56. The quantitative estimate of drug-likeness (QED) is 0.423. The van der Waals surface area contributed by atoms with Gasteiger partial charge in [0.15, 0.2) is 10.9 Å². The number of aryl methyl sites for hydroxylation is 1. The minimum absolute atomic E-state index is 0.0470. The standard InChI is InChI=1S/C24H24N4O3S/c1-16-8-10-18(11-9-16)28-23(21-13-17-5-2-3-7-20(17)31-21)26-27-24(28)32-15-22(29)25-14-19-6-4-12-30-19/h2-3,5,7-11,13,19H,4,6,12,14-15H2,1H3,(H,25,29)/t19-/m1/s1. The normalized spacial score (nSPS) is 16.0. The maximum absolute atomic E-state index is 12.4. The molecule has 32 heavy (non-hydrogen) atoms. The molecule has 7 nitrogen and oxygen atoms in total. The van der Waals surface area contributed by atoms with Gasteiger partial charge in [0.05, 0.1) is 11.9 Å². The highest BCUT2D eigenvalue weighted by Gasteiger charge is 2.21. The second-order valence-corrected chi connectivity index (χ2v) is 8.80. The predicted octanol–water partition coefficient (Wildman–Crippen LogP) is 4.38. The SMILES string of the molecule is Cc1ccc(-n2c(SCC(=O)NC[C@H]3CCCO3)nnc2-c2cc3ccccc3o2)cc1. The van der Waals surface area contributed by atoms with Gasteiger partial charge in [-0.1, -0.05) is 47.7 Å². The van der Waals surface area contributed by atoms with E-state index in [1.165, 1.54) is 11.8 Å². The van der Waals surface area contributed by atoms with Crippen LogP contribution in [0.3, 0.4) is 0 Å². The lowest BCUT2D eigenvalue weighted by molar-refractivity contribution is -0.119. The van der Waals surface area contributed by atoms with Crippen LogP contribution in [0.25, 0.3) is 28.2 Å². The topological polar surface area (TPSA) is 82.2 Å². The Morgan fingerprint density at radius 1 is 1.19 bits per heavy atom. The molecule has 1 saturated heterocycles. The molecule has 0 saturated carbocycles. The summed E-state index contributed by atoms with van der Waals surface area (Å²) in [5.74, 6) is 1.44. The summed E-state index contributed by atoms with van der Waals surface area (Å²) in [5.41, 5.74) is 2.87. The van der Waals surface area contributed by atoms with Crippen molar-refractivity contribution in [2.24, 2.45) is 0 Å². The zero-order valence-electron chi connectivity index (χ0n) is 17.8. The number of nitrogens with one attached hydrogen (secondary N) is 1. The van der Waals surface area contributed by atoms with Gasteiger partial charge in [-0.25, -0.2) is 0 Å². The van der Waals surface area contributed by atoms with Crippen LogP contribution in [0.5, 0.6) is 0 Å².